The van der Waals surface area contributed by atoms with Crippen molar-refractivity contribution >= 4 is 24.1 Å². The Bertz CT molecular complexity index is 1830. The molecule has 2 saturated heterocycles. The number of H-pyrrole nitrogens is 1. The Hall–Kier alpha value is -3.87. The monoisotopic (exact) mass is 721 g/mol. The Morgan fingerprint density at radius 2 is 1.48 bits per heavy atom. The lowest BCUT2D eigenvalue weighted by molar-refractivity contribution is -0.151. The third-order valence-corrected chi connectivity index (χ3v) is 10.5. The van der Waals surface area contributed by atoms with E-state index in [1.54, 1.807) is 11.8 Å². The molecule has 6 rings (SSSR count). The van der Waals surface area contributed by atoms with E-state index in [1.165, 1.54) is 22.8 Å². The van der Waals surface area contributed by atoms with Crippen molar-refractivity contribution in [3.8, 4) is 0 Å². The number of carbonyl (C=O) groups is 1. The quantitative estimate of drug-likeness (QED) is 0.180. The number of aryl methyl sites for hydroxylation is 1. The Morgan fingerprint density at radius 1 is 0.900 bits per heavy atom. The van der Waals surface area contributed by atoms with Crippen LogP contribution < -0.4 is 11.2 Å². The summed E-state index contributed by atoms with van der Waals surface area (Å²) in [6.07, 6.45) is 0.472. The van der Waals surface area contributed by atoms with Crippen LogP contribution in [0.15, 0.2) is 107 Å². The van der Waals surface area contributed by atoms with Crippen LogP contribution in [0.25, 0.3) is 0 Å². The lowest BCUT2D eigenvalue weighted by Gasteiger charge is -2.50. The van der Waals surface area contributed by atoms with Gasteiger partial charge in [-0.25, -0.2) is 14.0 Å². The second-order valence-corrected chi connectivity index (χ2v) is 15.0. The van der Waals surface area contributed by atoms with E-state index in [-0.39, 0.29) is 25.6 Å². The summed E-state index contributed by atoms with van der Waals surface area (Å²) in [6, 6.07) is 30.3. The van der Waals surface area contributed by atoms with E-state index in [4.69, 9.17) is 25.1 Å². The number of hydrogen-bond acceptors (Lipinski definition) is 9. The number of aromatic nitrogens is 2. The molecule has 0 radical (unpaired) electrons. The maximum absolute atomic E-state index is 13.5. The number of halogens is 1. The van der Waals surface area contributed by atoms with Crippen molar-refractivity contribution in [1.29, 1.82) is 0 Å². The molecule has 3 heterocycles. The number of hydroxylamine groups is 2. The SMILES string of the molecule is CC(=O)N1CCCN(OP(=O)(Cl)OCC2CN(C(c3ccccc3)(c3ccccc3)c3ccccc3)CC(n3cc(C)c(=O)[nH]c3=O)O2)CC1. The van der Waals surface area contributed by atoms with E-state index in [9.17, 15) is 18.9 Å². The first-order chi connectivity index (χ1) is 24.1. The van der Waals surface area contributed by atoms with Gasteiger partial charge in [0.15, 0.2) is 6.23 Å². The number of amides is 1. The second-order valence-electron chi connectivity index (χ2n) is 12.5. The molecule has 0 saturated carbocycles. The van der Waals surface area contributed by atoms with Crippen LogP contribution in [0.2, 0.25) is 0 Å². The highest BCUT2D eigenvalue weighted by Gasteiger charge is 2.47. The Morgan fingerprint density at radius 3 is 2.04 bits per heavy atom. The summed E-state index contributed by atoms with van der Waals surface area (Å²) in [4.78, 5) is 43.8. The van der Waals surface area contributed by atoms with E-state index in [0.717, 1.165) is 16.7 Å². The summed E-state index contributed by atoms with van der Waals surface area (Å²) < 4.78 is 32.9. The van der Waals surface area contributed by atoms with Crippen molar-refractivity contribution in [3.05, 3.63) is 140 Å². The molecule has 50 heavy (non-hydrogen) atoms. The summed E-state index contributed by atoms with van der Waals surface area (Å²) in [7, 11) is 0. The van der Waals surface area contributed by atoms with E-state index in [1.807, 2.05) is 54.6 Å². The number of nitrogens with one attached hydrogen (secondary N) is 1. The average molecular weight is 722 g/mol. The van der Waals surface area contributed by atoms with Gasteiger partial charge in [-0.2, -0.15) is 5.06 Å². The van der Waals surface area contributed by atoms with Crippen LogP contribution in [0.4, 0.5) is 0 Å². The van der Waals surface area contributed by atoms with Crippen molar-refractivity contribution in [2.75, 3.05) is 45.9 Å². The number of carbonyl (C=O) groups excluding carboxylic acids is 1. The zero-order chi connectivity index (χ0) is 35.3. The average Bonchev–Trinajstić information content (AvgIpc) is 3.36. The molecule has 4 aromatic rings. The second kappa shape index (κ2) is 15.6. The zero-order valence-electron chi connectivity index (χ0n) is 28.0. The fourth-order valence-corrected chi connectivity index (χ4v) is 8.11. The largest absolute Gasteiger partial charge is 0.440 e. The van der Waals surface area contributed by atoms with Crippen molar-refractivity contribution in [3.63, 3.8) is 0 Å². The van der Waals surface area contributed by atoms with Crippen LogP contribution in [0.5, 0.6) is 0 Å². The van der Waals surface area contributed by atoms with Gasteiger partial charge < -0.3 is 9.64 Å². The Balaban J connectivity index is 1.37. The van der Waals surface area contributed by atoms with Gasteiger partial charge in [-0.1, -0.05) is 91.0 Å². The summed E-state index contributed by atoms with van der Waals surface area (Å²) in [5.74, 6) is -0.0416. The van der Waals surface area contributed by atoms with Crippen molar-refractivity contribution in [2.24, 2.45) is 0 Å². The van der Waals surface area contributed by atoms with Crippen LogP contribution in [0.1, 0.15) is 41.8 Å². The first kappa shape index (κ1) is 35.9. The number of aromatic amines is 1. The molecule has 12 nitrogen and oxygen atoms in total. The molecule has 3 atom stereocenters. The van der Waals surface area contributed by atoms with Gasteiger partial charge in [0.2, 0.25) is 5.91 Å². The summed E-state index contributed by atoms with van der Waals surface area (Å²) in [6.45, 7) is 0.956. The molecular formula is C36H41ClN5O7P. The molecule has 3 aromatic carbocycles. The molecule has 0 spiro atoms. The predicted octanol–water partition coefficient (Wildman–Crippen LogP) is 4.89. The van der Waals surface area contributed by atoms with Crippen LogP contribution in [0, 0.1) is 6.92 Å². The first-order valence-corrected chi connectivity index (χ1v) is 19.0. The lowest BCUT2D eigenvalue weighted by atomic mass is 9.75. The fraction of sp³-hybridized carbons (Fsp3) is 0.361. The molecule has 3 unspecified atom stereocenters. The molecule has 14 heteroatoms. The normalized spacial score (nSPS) is 20.6. The van der Waals surface area contributed by atoms with Gasteiger partial charge in [-0.15, -0.1) is 0 Å². The molecule has 264 valence electrons. The molecule has 0 bridgehead atoms. The summed E-state index contributed by atoms with van der Waals surface area (Å²) in [5, 5.41) is 1.47. The molecule has 2 fully saturated rings. The molecule has 2 aliphatic rings. The third-order valence-electron chi connectivity index (χ3n) is 9.18. The maximum Gasteiger partial charge on any atom is 0.440 e. The number of hydrogen-bond donors (Lipinski definition) is 1. The van der Waals surface area contributed by atoms with Gasteiger partial charge in [0.25, 0.3) is 5.56 Å². The number of morpholine rings is 1. The van der Waals surface area contributed by atoms with Crippen LogP contribution >= 0.6 is 18.2 Å². The number of rotatable bonds is 10. The summed E-state index contributed by atoms with van der Waals surface area (Å²) >= 11 is 6.40. The van der Waals surface area contributed by atoms with Crippen molar-refractivity contribution in [1.82, 2.24) is 24.4 Å². The zero-order valence-corrected chi connectivity index (χ0v) is 29.7. The number of benzene rings is 3. The summed E-state index contributed by atoms with van der Waals surface area (Å²) in [5.41, 5.74) is 1.31. The van der Waals surface area contributed by atoms with Crippen molar-refractivity contribution < 1.29 is 23.2 Å². The van der Waals surface area contributed by atoms with Crippen LogP contribution in [-0.4, -0.2) is 82.3 Å². The highest BCUT2D eigenvalue weighted by Crippen LogP contribution is 2.55. The van der Waals surface area contributed by atoms with Crippen LogP contribution in [-0.2, 0) is 28.8 Å². The van der Waals surface area contributed by atoms with Gasteiger partial charge >= 0.3 is 12.6 Å². The minimum Gasteiger partial charge on any atom is -0.350 e. The third kappa shape index (κ3) is 7.87. The smallest absolute Gasteiger partial charge is 0.350 e. The molecule has 1 aromatic heterocycles. The first-order valence-electron chi connectivity index (χ1n) is 16.6. The maximum atomic E-state index is 13.5. The minimum absolute atomic E-state index is 0.0416. The standard InChI is InChI=1S/C36H41ClN5O7P/c1-27-23-42(35(45)38-34(27)44)33-25-40(24-32(48-33)26-47-50(37,46)49-41-20-12-19-39(21-22-41)28(2)43)36(29-13-6-3-7-14-29,30-15-8-4-9-16-30)31-17-10-5-11-18-31/h3-11,13-18,23,32-33H,12,19-22,24-26H2,1-2H3,(H,38,44,45). The molecule has 1 N–H and O–H groups in total. The van der Waals surface area contributed by atoms with Gasteiger partial charge in [0.05, 0.1) is 18.2 Å². The lowest BCUT2D eigenvalue weighted by Crippen LogP contribution is -2.58. The van der Waals surface area contributed by atoms with E-state index in [0.29, 0.717) is 38.2 Å². The number of nitrogens with zero attached hydrogens (tertiary/aromatic N) is 4. The van der Waals surface area contributed by atoms with Crippen LogP contribution in [0.3, 0.4) is 0 Å². The van der Waals surface area contributed by atoms with Crippen molar-refractivity contribution in [2.45, 2.75) is 38.1 Å². The van der Waals surface area contributed by atoms with E-state index in [2.05, 4.69) is 46.3 Å². The van der Waals surface area contributed by atoms with E-state index < -0.39 is 36.1 Å². The minimum atomic E-state index is -4.16. The van der Waals surface area contributed by atoms with Gasteiger partial charge in [-0.3, -0.25) is 28.6 Å². The van der Waals surface area contributed by atoms with Gasteiger partial charge in [0, 0.05) is 69.2 Å². The number of ether oxygens (including phenoxy) is 1. The molecule has 1 amide bonds. The van der Waals surface area contributed by atoms with E-state index >= 15 is 0 Å². The fourth-order valence-electron chi connectivity index (χ4n) is 6.85. The molecule has 2 aliphatic heterocycles. The van der Waals surface area contributed by atoms with Gasteiger partial charge in [-0.05, 0) is 30.0 Å². The Labute approximate surface area is 295 Å². The molecule has 0 aliphatic carbocycles. The predicted molar refractivity (Wildman–Crippen MR) is 190 cm³/mol. The Kier molecular flexibility index (Phi) is 11.2. The molecular weight excluding hydrogens is 681 g/mol. The highest BCUT2D eigenvalue weighted by atomic mass is 35.7. The van der Waals surface area contributed by atoms with Gasteiger partial charge in [0.1, 0.15) is 0 Å². The topological polar surface area (TPSA) is 126 Å². The highest BCUT2D eigenvalue weighted by molar-refractivity contribution is 7.81.